The molecule has 0 aliphatic carbocycles. The topological polar surface area (TPSA) is 46.5 Å². The number of carboxylic acid groups (broad SMARTS) is 1. The summed E-state index contributed by atoms with van der Waals surface area (Å²) in [6.07, 6.45) is 5.92. The van der Waals surface area contributed by atoms with Gasteiger partial charge in [0.2, 0.25) is 0 Å². The van der Waals surface area contributed by atoms with Crippen LogP contribution in [0.2, 0.25) is 0 Å². The van der Waals surface area contributed by atoms with Gasteiger partial charge in [0, 0.05) is 5.92 Å². The van der Waals surface area contributed by atoms with Crippen LogP contribution in [0.1, 0.15) is 56.9 Å². The van der Waals surface area contributed by atoms with Crippen LogP contribution < -0.4 is 0 Å². The maximum absolute atomic E-state index is 10.5. The molecule has 1 unspecified atom stereocenters. The summed E-state index contributed by atoms with van der Waals surface area (Å²) in [5.74, 6) is 0.180. The van der Waals surface area contributed by atoms with Gasteiger partial charge in [-0.25, -0.2) is 4.79 Å². The normalized spacial score (nSPS) is 12.1. The van der Waals surface area contributed by atoms with Gasteiger partial charge >= 0.3 is 6.16 Å². The summed E-state index contributed by atoms with van der Waals surface area (Å²) < 4.78 is 4.75. The van der Waals surface area contributed by atoms with Crippen LogP contribution in [0.15, 0.2) is 30.3 Å². The zero-order valence-corrected chi connectivity index (χ0v) is 11.7. The second kappa shape index (κ2) is 9.42. The Labute approximate surface area is 115 Å². The zero-order valence-electron chi connectivity index (χ0n) is 11.7. The summed E-state index contributed by atoms with van der Waals surface area (Å²) >= 11 is 0. The molecule has 0 saturated carbocycles. The summed E-state index contributed by atoms with van der Waals surface area (Å²) in [6, 6.07) is 10.0. The lowest BCUT2D eigenvalue weighted by molar-refractivity contribution is 0.0846. The Morgan fingerprint density at radius 2 is 1.84 bits per heavy atom. The smallest absolute Gasteiger partial charge is 0.450 e. The van der Waals surface area contributed by atoms with Crippen LogP contribution in [0.4, 0.5) is 4.79 Å². The van der Waals surface area contributed by atoms with E-state index < -0.39 is 6.16 Å². The monoisotopic (exact) mass is 264 g/mol. The third-order valence-corrected chi connectivity index (χ3v) is 3.34. The lowest BCUT2D eigenvalue weighted by atomic mass is 9.93. The van der Waals surface area contributed by atoms with E-state index in [1.54, 1.807) is 0 Å². The Hall–Kier alpha value is -1.51. The van der Waals surface area contributed by atoms with Gasteiger partial charge in [-0.1, -0.05) is 69.4 Å². The van der Waals surface area contributed by atoms with Crippen molar-refractivity contribution >= 4 is 6.16 Å². The van der Waals surface area contributed by atoms with Gasteiger partial charge in [-0.2, -0.15) is 0 Å². The van der Waals surface area contributed by atoms with Crippen molar-refractivity contribution in [2.45, 2.75) is 51.4 Å². The third kappa shape index (κ3) is 6.85. The van der Waals surface area contributed by atoms with E-state index in [2.05, 4.69) is 6.92 Å². The molecular weight excluding hydrogens is 240 g/mol. The Morgan fingerprint density at radius 3 is 2.47 bits per heavy atom. The van der Waals surface area contributed by atoms with Gasteiger partial charge in [-0.15, -0.1) is 0 Å². The van der Waals surface area contributed by atoms with Gasteiger partial charge in [-0.05, 0) is 12.0 Å². The molecule has 1 rings (SSSR count). The number of hydrogen-bond donors (Lipinski definition) is 1. The summed E-state index contributed by atoms with van der Waals surface area (Å²) in [5, 5.41) is 8.63. The second-order valence-electron chi connectivity index (χ2n) is 4.89. The van der Waals surface area contributed by atoms with Crippen LogP contribution in [-0.4, -0.2) is 17.9 Å². The first-order chi connectivity index (χ1) is 9.24. The fourth-order valence-corrected chi connectivity index (χ4v) is 2.24. The van der Waals surface area contributed by atoms with Crippen molar-refractivity contribution in [3.05, 3.63) is 35.9 Å². The third-order valence-electron chi connectivity index (χ3n) is 3.34. The SMILES string of the molecule is CCCCCCCC(COC(=O)O)c1ccccc1. The minimum atomic E-state index is -1.19. The second-order valence-corrected chi connectivity index (χ2v) is 4.89. The van der Waals surface area contributed by atoms with E-state index >= 15 is 0 Å². The fourth-order valence-electron chi connectivity index (χ4n) is 2.24. The van der Waals surface area contributed by atoms with Crippen LogP contribution in [-0.2, 0) is 4.74 Å². The predicted molar refractivity (Wildman–Crippen MR) is 76.5 cm³/mol. The van der Waals surface area contributed by atoms with Gasteiger partial charge in [0.15, 0.2) is 0 Å². The highest BCUT2D eigenvalue weighted by atomic mass is 16.7. The molecule has 3 nitrogen and oxygen atoms in total. The van der Waals surface area contributed by atoms with Crippen molar-refractivity contribution in [3.8, 4) is 0 Å². The van der Waals surface area contributed by atoms with Gasteiger partial charge in [0.05, 0.1) is 0 Å². The molecule has 0 heterocycles. The molecule has 0 fully saturated rings. The van der Waals surface area contributed by atoms with E-state index in [4.69, 9.17) is 9.84 Å². The number of rotatable bonds is 9. The van der Waals surface area contributed by atoms with Crippen LogP contribution >= 0.6 is 0 Å². The summed E-state index contributed by atoms with van der Waals surface area (Å²) in [7, 11) is 0. The van der Waals surface area contributed by atoms with E-state index in [0.29, 0.717) is 0 Å². The van der Waals surface area contributed by atoms with Crippen molar-refractivity contribution in [2.24, 2.45) is 0 Å². The molecule has 0 saturated heterocycles. The minimum Gasteiger partial charge on any atom is -0.450 e. The summed E-state index contributed by atoms with van der Waals surface area (Å²) in [6.45, 7) is 2.46. The maximum atomic E-state index is 10.5. The van der Waals surface area contributed by atoms with Crippen molar-refractivity contribution in [3.63, 3.8) is 0 Å². The Morgan fingerprint density at radius 1 is 1.16 bits per heavy atom. The molecule has 1 aromatic rings. The molecule has 0 aliphatic heterocycles. The fraction of sp³-hybridized carbons (Fsp3) is 0.562. The molecule has 0 aromatic heterocycles. The van der Waals surface area contributed by atoms with Gasteiger partial charge in [0.1, 0.15) is 6.61 Å². The quantitative estimate of drug-likeness (QED) is 0.513. The first kappa shape index (κ1) is 15.5. The lowest BCUT2D eigenvalue weighted by Crippen LogP contribution is -2.11. The average molecular weight is 264 g/mol. The first-order valence-corrected chi connectivity index (χ1v) is 7.14. The molecule has 3 heteroatoms. The van der Waals surface area contributed by atoms with E-state index in [-0.39, 0.29) is 12.5 Å². The summed E-state index contributed by atoms with van der Waals surface area (Å²) in [4.78, 5) is 10.5. The lowest BCUT2D eigenvalue weighted by Gasteiger charge is -2.16. The van der Waals surface area contributed by atoms with Crippen molar-refractivity contribution in [1.29, 1.82) is 0 Å². The van der Waals surface area contributed by atoms with E-state index in [1.165, 1.54) is 31.2 Å². The number of carbonyl (C=O) groups is 1. The van der Waals surface area contributed by atoms with E-state index in [9.17, 15) is 4.79 Å². The highest BCUT2D eigenvalue weighted by Gasteiger charge is 2.13. The molecule has 0 radical (unpaired) electrons. The predicted octanol–water partition coefficient (Wildman–Crippen LogP) is 4.83. The van der Waals surface area contributed by atoms with Crippen LogP contribution in [0.5, 0.6) is 0 Å². The van der Waals surface area contributed by atoms with Gasteiger partial charge in [-0.3, -0.25) is 0 Å². The molecule has 0 amide bonds. The highest BCUT2D eigenvalue weighted by molar-refractivity contribution is 5.56. The Bertz CT molecular complexity index is 348. The number of unbranched alkanes of at least 4 members (excludes halogenated alkanes) is 4. The average Bonchev–Trinajstić information content (AvgIpc) is 2.42. The van der Waals surface area contributed by atoms with Crippen molar-refractivity contribution in [2.75, 3.05) is 6.61 Å². The standard InChI is InChI=1S/C16H24O3/c1-2-3-4-5-7-12-15(13-19-16(17)18)14-10-8-6-9-11-14/h6,8-11,15H,2-5,7,12-13H2,1H3,(H,17,18). The Kier molecular flexibility index (Phi) is 7.71. The minimum absolute atomic E-state index is 0.180. The van der Waals surface area contributed by atoms with Crippen LogP contribution in [0.25, 0.3) is 0 Å². The zero-order chi connectivity index (χ0) is 13.9. The molecule has 0 aliphatic rings. The number of ether oxygens (including phenoxy) is 1. The van der Waals surface area contributed by atoms with E-state index in [0.717, 1.165) is 12.8 Å². The molecule has 0 bridgehead atoms. The first-order valence-electron chi connectivity index (χ1n) is 7.14. The number of hydrogen-bond acceptors (Lipinski definition) is 2. The molecular formula is C16H24O3. The van der Waals surface area contributed by atoms with Crippen molar-refractivity contribution in [1.82, 2.24) is 0 Å². The van der Waals surface area contributed by atoms with Crippen molar-refractivity contribution < 1.29 is 14.6 Å². The van der Waals surface area contributed by atoms with Crippen LogP contribution in [0, 0.1) is 0 Å². The molecule has 1 atom stereocenters. The Balaban J connectivity index is 2.43. The molecule has 106 valence electrons. The number of benzene rings is 1. The molecule has 0 spiro atoms. The van der Waals surface area contributed by atoms with Gasteiger partial charge < -0.3 is 9.84 Å². The largest absolute Gasteiger partial charge is 0.505 e. The molecule has 1 N–H and O–H groups in total. The molecule has 1 aromatic carbocycles. The summed E-state index contributed by atoms with van der Waals surface area (Å²) in [5.41, 5.74) is 1.17. The maximum Gasteiger partial charge on any atom is 0.505 e. The van der Waals surface area contributed by atoms with E-state index in [1.807, 2.05) is 30.3 Å². The van der Waals surface area contributed by atoms with Gasteiger partial charge in [0.25, 0.3) is 0 Å². The molecule has 19 heavy (non-hydrogen) atoms. The van der Waals surface area contributed by atoms with Crippen LogP contribution in [0.3, 0.4) is 0 Å². The highest BCUT2D eigenvalue weighted by Crippen LogP contribution is 2.23.